The van der Waals surface area contributed by atoms with Crippen molar-refractivity contribution in [3.05, 3.63) is 26.7 Å². The Balaban J connectivity index is 2.15. The second kappa shape index (κ2) is 5.57. The van der Waals surface area contributed by atoms with Gasteiger partial charge in [-0.05, 0) is 31.5 Å². The molecule has 2 rings (SSSR count). The van der Waals surface area contributed by atoms with E-state index in [1.165, 1.54) is 0 Å². The van der Waals surface area contributed by atoms with Crippen LogP contribution in [-0.4, -0.2) is 18.5 Å². The summed E-state index contributed by atoms with van der Waals surface area (Å²) in [6, 6.07) is 3.25. The zero-order valence-electron chi connectivity index (χ0n) is 8.90. The van der Waals surface area contributed by atoms with Crippen molar-refractivity contribution in [3.8, 4) is 0 Å². The summed E-state index contributed by atoms with van der Waals surface area (Å²) >= 11 is 15.4. The lowest BCUT2D eigenvalue weighted by atomic mass is 10.2. The third-order valence-corrected chi connectivity index (χ3v) is 3.69. The Morgan fingerprint density at radius 1 is 1.41 bits per heavy atom. The Kier molecular flexibility index (Phi) is 4.31. The second-order valence-electron chi connectivity index (χ2n) is 3.88. The van der Waals surface area contributed by atoms with E-state index in [4.69, 9.17) is 23.2 Å². The van der Waals surface area contributed by atoms with Crippen LogP contribution in [0.15, 0.2) is 16.6 Å². The molecule has 2 N–H and O–H groups in total. The highest BCUT2D eigenvalue weighted by molar-refractivity contribution is 9.10. The highest BCUT2D eigenvalue weighted by atomic mass is 79.9. The molecule has 0 saturated carbocycles. The van der Waals surface area contributed by atoms with Crippen LogP contribution in [0.5, 0.6) is 0 Å². The molecule has 1 aliphatic rings. The van der Waals surface area contributed by atoms with E-state index in [0.29, 0.717) is 15.7 Å². The van der Waals surface area contributed by atoms with Crippen LogP contribution < -0.4 is 10.6 Å². The Labute approximate surface area is 118 Å². The number of amides is 1. The molecule has 1 heterocycles. The van der Waals surface area contributed by atoms with Crippen molar-refractivity contribution in [2.75, 3.05) is 11.9 Å². The lowest BCUT2D eigenvalue weighted by Crippen LogP contribution is -2.35. The monoisotopic (exact) mass is 336 g/mol. The molecule has 0 spiro atoms. The molecule has 0 radical (unpaired) electrons. The van der Waals surface area contributed by atoms with Gasteiger partial charge in [0.2, 0.25) is 5.91 Å². The van der Waals surface area contributed by atoms with Crippen molar-refractivity contribution in [1.29, 1.82) is 0 Å². The molecular weight excluding hydrogens is 327 g/mol. The fraction of sp³-hybridized carbons (Fsp3) is 0.364. The largest absolute Gasteiger partial charge is 0.322 e. The first-order valence-electron chi connectivity index (χ1n) is 5.26. The first-order chi connectivity index (χ1) is 8.08. The zero-order chi connectivity index (χ0) is 12.4. The van der Waals surface area contributed by atoms with Gasteiger partial charge in [0.15, 0.2) is 0 Å². The standard InChI is InChI=1S/C11H11BrCl2N2O/c12-6-4-7(13)10(8(14)5-6)16-11(17)9-2-1-3-15-9/h4-5,9,15H,1-3H2,(H,16,17). The topological polar surface area (TPSA) is 41.1 Å². The van der Waals surface area contributed by atoms with Crippen molar-refractivity contribution < 1.29 is 4.79 Å². The SMILES string of the molecule is O=C(Nc1c(Cl)cc(Br)cc1Cl)C1CCCN1. The predicted molar refractivity (Wildman–Crippen MR) is 73.8 cm³/mol. The summed E-state index contributed by atoms with van der Waals surface area (Å²) in [5, 5.41) is 6.73. The Hall–Kier alpha value is -0.290. The molecule has 0 bridgehead atoms. The molecule has 1 unspecified atom stereocenters. The molecule has 1 fully saturated rings. The van der Waals surface area contributed by atoms with Gasteiger partial charge < -0.3 is 10.6 Å². The first kappa shape index (κ1) is 13.1. The van der Waals surface area contributed by atoms with Crippen LogP contribution >= 0.6 is 39.1 Å². The maximum atomic E-state index is 11.9. The van der Waals surface area contributed by atoms with E-state index in [9.17, 15) is 4.79 Å². The van der Waals surface area contributed by atoms with Crippen molar-refractivity contribution in [1.82, 2.24) is 5.32 Å². The summed E-state index contributed by atoms with van der Waals surface area (Å²) in [6.45, 7) is 0.875. The quantitative estimate of drug-likeness (QED) is 0.867. The minimum Gasteiger partial charge on any atom is -0.322 e. The zero-order valence-corrected chi connectivity index (χ0v) is 12.0. The van der Waals surface area contributed by atoms with Gasteiger partial charge in [0.25, 0.3) is 0 Å². The molecular formula is C11H11BrCl2N2O. The van der Waals surface area contributed by atoms with Gasteiger partial charge in [0.1, 0.15) is 0 Å². The molecule has 1 atom stereocenters. The molecule has 6 heteroatoms. The molecule has 92 valence electrons. The Morgan fingerprint density at radius 3 is 2.59 bits per heavy atom. The van der Waals surface area contributed by atoms with Gasteiger partial charge in [-0.25, -0.2) is 0 Å². The van der Waals surface area contributed by atoms with Gasteiger partial charge in [0, 0.05) is 4.47 Å². The van der Waals surface area contributed by atoms with Crippen LogP contribution in [-0.2, 0) is 4.79 Å². The number of nitrogens with one attached hydrogen (secondary N) is 2. The summed E-state index contributed by atoms with van der Waals surface area (Å²) in [6.07, 6.45) is 1.86. The molecule has 3 nitrogen and oxygen atoms in total. The van der Waals surface area contributed by atoms with Gasteiger partial charge >= 0.3 is 0 Å². The van der Waals surface area contributed by atoms with Crippen LogP contribution in [0.25, 0.3) is 0 Å². The average Bonchev–Trinajstić information content (AvgIpc) is 2.76. The number of benzene rings is 1. The van der Waals surface area contributed by atoms with Crippen molar-refractivity contribution >= 4 is 50.7 Å². The maximum absolute atomic E-state index is 11.9. The van der Waals surface area contributed by atoms with Crippen LogP contribution in [0.1, 0.15) is 12.8 Å². The maximum Gasteiger partial charge on any atom is 0.241 e. The van der Waals surface area contributed by atoms with Crippen molar-refractivity contribution in [3.63, 3.8) is 0 Å². The van der Waals surface area contributed by atoms with Crippen LogP contribution in [0, 0.1) is 0 Å². The molecule has 17 heavy (non-hydrogen) atoms. The van der Waals surface area contributed by atoms with Gasteiger partial charge in [-0.3, -0.25) is 4.79 Å². The van der Waals surface area contributed by atoms with E-state index < -0.39 is 0 Å². The summed E-state index contributed by atoms with van der Waals surface area (Å²) in [5.41, 5.74) is 0.468. The molecule has 0 aromatic heterocycles. The van der Waals surface area contributed by atoms with E-state index in [-0.39, 0.29) is 11.9 Å². The Morgan fingerprint density at radius 2 is 2.06 bits per heavy atom. The normalized spacial score (nSPS) is 19.4. The number of anilines is 1. The van der Waals surface area contributed by atoms with Crippen LogP contribution in [0.3, 0.4) is 0 Å². The van der Waals surface area contributed by atoms with E-state index >= 15 is 0 Å². The molecule has 1 aromatic rings. The van der Waals surface area contributed by atoms with E-state index in [0.717, 1.165) is 23.9 Å². The lowest BCUT2D eigenvalue weighted by molar-refractivity contribution is -0.117. The van der Waals surface area contributed by atoms with Gasteiger partial charge in [-0.15, -0.1) is 0 Å². The number of carbonyl (C=O) groups excluding carboxylic acids is 1. The minimum absolute atomic E-state index is 0.0892. The highest BCUT2D eigenvalue weighted by Gasteiger charge is 2.23. The third-order valence-electron chi connectivity index (χ3n) is 2.63. The smallest absolute Gasteiger partial charge is 0.241 e. The fourth-order valence-corrected chi connectivity index (χ4v) is 3.08. The van der Waals surface area contributed by atoms with Gasteiger partial charge in [-0.1, -0.05) is 39.1 Å². The second-order valence-corrected chi connectivity index (χ2v) is 5.61. The van der Waals surface area contributed by atoms with E-state index in [1.807, 2.05) is 0 Å². The number of hydrogen-bond acceptors (Lipinski definition) is 2. The number of rotatable bonds is 2. The van der Waals surface area contributed by atoms with Gasteiger partial charge in [0.05, 0.1) is 21.8 Å². The Bertz CT molecular complexity index is 424. The van der Waals surface area contributed by atoms with Crippen LogP contribution in [0.2, 0.25) is 10.0 Å². The fourth-order valence-electron chi connectivity index (χ4n) is 1.78. The summed E-state index contributed by atoms with van der Waals surface area (Å²) in [4.78, 5) is 11.9. The van der Waals surface area contributed by atoms with Gasteiger partial charge in [-0.2, -0.15) is 0 Å². The average molecular weight is 338 g/mol. The first-order valence-corrected chi connectivity index (χ1v) is 6.81. The number of carbonyl (C=O) groups is 1. The molecule has 1 aliphatic heterocycles. The molecule has 0 aliphatic carbocycles. The number of hydrogen-bond donors (Lipinski definition) is 2. The summed E-state index contributed by atoms with van der Waals surface area (Å²) in [5.74, 6) is -0.0892. The van der Waals surface area contributed by atoms with E-state index in [2.05, 4.69) is 26.6 Å². The summed E-state index contributed by atoms with van der Waals surface area (Å²) in [7, 11) is 0. The summed E-state index contributed by atoms with van der Waals surface area (Å²) < 4.78 is 0.782. The third kappa shape index (κ3) is 3.13. The van der Waals surface area contributed by atoms with Crippen LogP contribution in [0.4, 0.5) is 5.69 Å². The van der Waals surface area contributed by atoms with E-state index in [1.54, 1.807) is 12.1 Å². The molecule has 1 saturated heterocycles. The lowest BCUT2D eigenvalue weighted by Gasteiger charge is -2.13. The van der Waals surface area contributed by atoms with Crippen molar-refractivity contribution in [2.45, 2.75) is 18.9 Å². The minimum atomic E-state index is -0.147. The predicted octanol–water partition coefficient (Wildman–Crippen LogP) is 3.45. The van der Waals surface area contributed by atoms with Crippen molar-refractivity contribution in [2.24, 2.45) is 0 Å². The highest BCUT2D eigenvalue weighted by Crippen LogP contribution is 2.34. The number of halogens is 3. The molecule has 1 aromatic carbocycles. The molecule has 1 amide bonds.